The minimum absolute atomic E-state index is 0.0427. The summed E-state index contributed by atoms with van der Waals surface area (Å²) in [5.74, 6) is 0.177. The molecule has 0 unspecified atom stereocenters. The highest BCUT2D eigenvalue weighted by atomic mass is 32.2. The Balaban J connectivity index is 1.77. The van der Waals surface area contributed by atoms with E-state index >= 15 is 0 Å². The normalized spacial score (nSPS) is 17.3. The third kappa shape index (κ3) is 5.10. The van der Waals surface area contributed by atoms with Gasteiger partial charge < -0.3 is 10.1 Å². The number of nitrogens with zero attached hydrogens (tertiary/aromatic N) is 2. The van der Waals surface area contributed by atoms with Crippen molar-refractivity contribution in [2.75, 3.05) is 19.0 Å². The van der Waals surface area contributed by atoms with E-state index in [9.17, 15) is 9.59 Å². The molecular formula is C23H25N3O3S. The molecule has 6 nitrogen and oxygen atoms in total. The summed E-state index contributed by atoms with van der Waals surface area (Å²) in [5.41, 5.74) is 3.57. The van der Waals surface area contributed by atoms with Crippen LogP contribution in [0.4, 0.5) is 11.4 Å². The number of aliphatic imine (C=N–C) groups is 1. The lowest BCUT2D eigenvalue weighted by atomic mass is 10.1. The SMILES string of the molecule is C=CCN1C(=O)[C@@H](CC(=O)Nc2ccccc2OC)SC1=Nc1cc(C)cc(C)c1. The highest BCUT2D eigenvalue weighted by Crippen LogP contribution is 2.32. The van der Waals surface area contributed by atoms with Crippen molar-refractivity contribution < 1.29 is 14.3 Å². The van der Waals surface area contributed by atoms with Crippen LogP contribution in [0.3, 0.4) is 0 Å². The number of aryl methyl sites for hydroxylation is 2. The zero-order valence-electron chi connectivity index (χ0n) is 17.3. The van der Waals surface area contributed by atoms with Gasteiger partial charge in [0, 0.05) is 13.0 Å². The molecule has 1 heterocycles. The van der Waals surface area contributed by atoms with E-state index in [1.165, 1.54) is 11.8 Å². The molecule has 0 aliphatic carbocycles. The Labute approximate surface area is 181 Å². The van der Waals surface area contributed by atoms with Gasteiger partial charge >= 0.3 is 0 Å². The number of anilines is 1. The zero-order valence-corrected chi connectivity index (χ0v) is 18.2. The van der Waals surface area contributed by atoms with Crippen LogP contribution in [0.25, 0.3) is 0 Å². The minimum atomic E-state index is -0.538. The molecule has 0 aromatic heterocycles. The van der Waals surface area contributed by atoms with Crippen molar-refractivity contribution in [2.24, 2.45) is 4.99 Å². The Bertz CT molecular complexity index is 983. The molecule has 1 atom stereocenters. The van der Waals surface area contributed by atoms with Crippen molar-refractivity contribution in [3.05, 3.63) is 66.2 Å². The molecule has 0 spiro atoms. The topological polar surface area (TPSA) is 71.0 Å². The van der Waals surface area contributed by atoms with Crippen LogP contribution in [-0.4, -0.2) is 40.8 Å². The van der Waals surface area contributed by atoms with Gasteiger partial charge in [-0.3, -0.25) is 14.5 Å². The molecule has 2 amide bonds. The van der Waals surface area contributed by atoms with Gasteiger partial charge in [-0.05, 0) is 49.2 Å². The molecule has 0 radical (unpaired) electrons. The number of amidine groups is 1. The fourth-order valence-corrected chi connectivity index (χ4v) is 4.43. The van der Waals surface area contributed by atoms with Crippen LogP contribution in [0.1, 0.15) is 17.5 Å². The largest absolute Gasteiger partial charge is 0.495 e. The van der Waals surface area contributed by atoms with Crippen molar-refractivity contribution in [2.45, 2.75) is 25.5 Å². The first-order valence-corrected chi connectivity index (χ1v) is 10.5. The van der Waals surface area contributed by atoms with Crippen LogP contribution in [-0.2, 0) is 9.59 Å². The number of hydrogen-bond acceptors (Lipinski definition) is 5. The van der Waals surface area contributed by atoms with Crippen molar-refractivity contribution in [1.82, 2.24) is 4.90 Å². The van der Waals surface area contributed by atoms with Gasteiger partial charge in [0.15, 0.2) is 5.17 Å². The van der Waals surface area contributed by atoms with E-state index in [-0.39, 0.29) is 18.2 Å². The summed E-state index contributed by atoms with van der Waals surface area (Å²) in [6.45, 7) is 8.11. The van der Waals surface area contributed by atoms with Gasteiger partial charge in [0.1, 0.15) is 11.0 Å². The quantitative estimate of drug-likeness (QED) is 0.668. The number of carbonyl (C=O) groups is 2. The van der Waals surface area contributed by atoms with E-state index in [2.05, 4.69) is 23.0 Å². The fraction of sp³-hybridized carbons (Fsp3) is 0.261. The summed E-state index contributed by atoms with van der Waals surface area (Å²) in [5, 5.41) is 2.87. The molecule has 1 aliphatic rings. The van der Waals surface area contributed by atoms with E-state index in [0.29, 0.717) is 23.1 Å². The van der Waals surface area contributed by atoms with Gasteiger partial charge in [0.25, 0.3) is 0 Å². The standard InChI is InChI=1S/C23H25N3O3S/c1-5-10-26-22(28)20(14-21(27)25-18-8-6-7-9-19(18)29-4)30-23(26)24-17-12-15(2)11-16(3)13-17/h5-9,11-13,20H,1,10,14H2,2-4H3,(H,25,27)/t20-/m1/s1. The smallest absolute Gasteiger partial charge is 0.242 e. The average Bonchev–Trinajstić information content (AvgIpc) is 2.96. The molecule has 156 valence electrons. The maximum atomic E-state index is 12.9. The van der Waals surface area contributed by atoms with E-state index in [4.69, 9.17) is 4.74 Å². The predicted octanol–water partition coefficient (Wildman–Crippen LogP) is 4.46. The summed E-state index contributed by atoms with van der Waals surface area (Å²) in [4.78, 5) is 31.8. The summed E-state index contributed by atoms with van der Waals surface area (Å²) >= 11 is 1.31. The van der Waals surface area contributed by atoms with Crippen LogP contribution in [0.5, 0.6) is 5.75 Å². The van der Waals surface area contributed by atoms with Crippen LogP contribution in [0.2, 0.25) is 0 Å². The van der Waals surface area contributed by atoms with Crippen LogP contribution in [0, 0.1) is 13.8 Å². The molecule has 0 bridgehead atoms. The number of rotatable bonds is 7. The number of methoxy groups -OCH3 is 1. The second kappa shape index (κ2) is 9.63. The van der Waals surface area contributed by atoms with E-state index in [1.54, 1.807) is 30.2 Å². The summed E-state index contributed by atoms with van der Waals surface area (Å²) in [6, 6.07) is 13.2. The number of amides is 2. The summed E-state index contributed by atoms with van der Waals surface area (Å²) < 4.78 is 5.26. The average molecular weight is 424 g/mol. The maximum Gasteiger partial charge on any atom is 0.242 e. The molecule has 3 rings (SSSR count). The number of carbonyl (C=O) groups excluding carboxylic acids is 2. The second-order valence-electron chi connectivity index (χ2n) is 7.04. The zero-order chi connectivity index (χ0) is 21.7. The predicted molar refractivity (Wildman–Crippen MR) is 123 cm³/mol. The lowest BCUT2D eigenvalue weighted by molar-refractivity contribution is -0.127. The first-order chi connectivity index (χ1) is 14.4. The Morgan fingerprint density at radius 3 is 2.63 bits per heavy atom. The van der Waals surface area contributed by atoms with Gasteiger partial charge in [-0.2, -0.15) is 0 Å². The molecule has 2 aromatic rings. The van der Waals surface area contributed by atoms with Crippen molar-refractivity contribution in [3.8, 4) is 5.75 Å². The highest BCUT2D eigenvalue weighted by molar-refractivity contribution is 8.15. The lowest BCUT2D eigenvalue weighted by Gasteiger charge is -2.14. The number of nitrogens with one attached hydrogen (secondary N) is 1. The van der Waals surface area contributed by atoms with E-state index in [1.807, 2.05) is 38.1 Å². The summed E-state index contributed by atoms with van der Waals surface area (Å²) in [6.07, 6.45) is 1.70. The molecule has 0 saturated carbocycles. The first-order valence-electron chi connectivity index (χ1n) is 9.60. The van der Waals surface area contributed by atoms with Gasteiger partial charge in [0.05, 0.1) is 18.5 Å². The molecular weight excluding hydrogens is 398 g/mol. The van der Waals surface area contributed by atoms with Gasteiger partial charge in [0.2, 0.25) is 11.8 Å². The van der Waals surface area contributed by atoms with Crippen molar-refractivity contribution in [1.29, 1.82) is 0 Å². The Morgan fingerprint density at radius 2 is 1.97 bits per heavy atom. The molecule has 2 aromatic carbocycles. The number of para-hydroxylation sites is 2. The lowest BCUT2D eigenvalue weighted by Crippen LogP contribution is -2.33. The molecule has 30 heavy (non-hydrogen) atoms. The van der Waals surface area contributed by atoms with Crippen LogP contribution >= 0.6 is 11.8 Å². The van der Waals surface area contributed by atoms with Gasteiger partial charge in [-0.25, -0.2) is 4.99 Å². The highest BCUT2D eigenvalue weighted by Gasteiger charge is 2.38. The minimum Gasteiger partial charge on any atom is -0.495 e. The summed E-state index contributed by atoms with van der Waals surface area (Å²) in [7, 11) is 1.55. The van der Waals surface area contributed by atoms with Gasteiger partial charge in [-0.1, -0.05) is 36.0 Å². The Kier molecular flexibility index (Phi) is 6.95. The third-order valence-corrected chi connectivity index (χ3v) is 5.69. The van der Waals surface area contributed by atoms with Gasteiger partial charge in [-0.15, -0.1) is 6.58 Å². The molecule has 1 fully saturated rings. The van der Waals surface area contributed by atoms with E-state index in [0.717, 1.165) is 16.8 Å². The molecule has 1 saturated heterocycles. The number of thioether (sulfide) groups is 1. The third-order valence-electron chi connectivity index (χ3n) is 4.51. The molecule has 7 heteroatoms. The Hall–Kier alpha value is -3.06. The maximum absolute atomic E-state index is 12.9. The van der Waals surface area contributed by atoms with Crippen molar-refractivity contribution in [3.63, 3.8) is 0 Å². The number of hydrogen-bond donors (Lipinski definition) is 1. The molecule has 1 aliphatic heterocycles. The van der Waals surface area contributed by atoms with Crippen LogP contribution in [0.15, 0.2) is 60.1 Å². The van der Waals surface area contributed by atoms with E-state index < -0.39 is 5.25 Å². The molecule has 1 N–H and O–H groups in total. The number of ether oxygens (including phenoxy) is 1. The fourth-order valence-electron chi connectivity index (χ4n) is 3.27. The monoisotopic (exact) mass is 423 g/mol. The second-order valence-corrected chi connectivity index (χ2v) is 8.21. The van der Waals surface area contributed by atoms with Crippen LogP contribution < -0.4 is 10.1 Å². The number of benzene rings is 2. The Morgan fingerprint density at radius 1 is 1.27 bits per heavy atom. The first kappa shape index (κ1) is 21.6. The van der Waals surface area contributed by atoms with Crippen molar-refractivity contribution >= 4 is 40.1 Å².